The number of piperidine rings is 1. The molecule has 0 saturated carbocycles. The number of hydrogen-bond acceptors (Lipinski definition) is 5. The van der Waals surface area contributed by atoms with E-state index in [2.05, 4.69) is 15.3 Å². The van der Waals surface area contributed by atoms with Crippen LogP contribution in [0.2, 0.25) is 5.15 Å². The summed E-state index contributed by atoms with van der Waals surface area (Å²) in [7, 11) is 0. The highest BCUT2D eigenvalue weighted by molar-refractivity contribution is 6.29. The van der Waals surface area contributed by atoms with E-state index in [4.69, 9.17) is 16.3 Å². The molecule has 0 spiro atoms. The molecule has 1 aromatic heterocycles. The predicted molar refractivity (Wildman–Crippen MR) is 89.4 cm³/mol. The van der Waals surface area contributed by atoms with Crippen LogP contribution >= 0.6 is 11.6 Å². The van der Waals surface area contributed by atoms with Crippen molar-refractivity contribution in [3.63, 3.8) is 0 Å². The summed E-state index contributed by atoms with van der Waals surface area (Å²) < 4.78 is 5.37. The number of halogens is 1. The predicted octanol–water partition coefficient (Wildman–Crippen LogP) is 2.39. The van der Waals surface area contributed by atoms with Gasteiger partial charge in [-0.15, -0.1) is 0 Å². The van der Waals surface area contributed by atoms with Gasteiger partial charge in [-0.1, -0.05) is 11.6 Å². The number of nitrogens with one attached hydrogen (secondary N) is 1. The smallest absolute Gasteiger partial charge is 0.410 e. The fourth-order valence-electron chi connectivity index (χ4n) is 2.47. The maximum Gasteiger partial charge on any atom is 0.410 e. The third-order valence-electron chi connectivity index (χ3n) is 3.60. The first-order valence-electron chi connectivity index (χ1n) is 7.97. The van der Waals surface area contributed by atoms with Crippen molar-refractivity contribution in [1.29, 1.82) is 0 Å². The van der Waals surface area contributed by atoms with Gasteiger partial charge in [-0.05, 0) is 33.6 Å². The van der Waals surface area contributed by atoms with E-state index in [1.165, 1.54) is 12.4 Å². The average Bonchev–Trinajstić information content (AvgIpc) is 2.52. The molecule has 2 rings (SSSR count). The van der Waals surface area contributed by atoms with Crippen molar-refractivity contribution < 1.29 is 14.3 Å². The Balaban J connectivity index is 1.88. The van der Waals surface area contributed by atoms with Gasteiger partial charge in [-0.2, -0.15) is 0 Å². The fraction of sp³-hybridized carbons (Fsp3) is 0.625. The van der Waals surface area contributed by atoms with Crippen LogP contribution in [0.1, 0.15) is 39.3 Å². The van der Waals surface area contributed by atoms with Crippen LogP contribution in [-0.2, 0) is 16.1 Å². The molecule has 0 aliphatic carbocycles. The molecule has 0 aromatic carbocycles. The highest BCUT2D eigenvalue weighted by Crippen LogP contribution is 2.20. The molecule has 1 saturated heterocycles. The lowest BCUT2D eigenvalue weighted by Gasteiger charge is -2.33. The lowest BCUT2D eigenvalue weighted by Crippen LogP contribution is -2.47. The largest absolute Gasteiger partial charge is 0.444 e. The van der Waals surface area contributed by atoms with Crippen LogP contribution in [0.25, 0.3) is 0 Å². The SMILES string of the molecule is CC(C)(C)OC(=O)N1CCC[C@@H](C(=O)NCc2nccnc2Cl)C1. The molecule has 8 heteroatoms. The number of aromatic nitrogens is 2. The zero-order valence-electron chi connectivity index (χ0n) is 14.2. The number of nitrogens with zero attached hydrogens (tertiary/aromatic N) is 3. The Bertz CT molecular complexity index is 603. The van der Waals surface area contributed by atoms with Gasteiger partial charge in [0.05, 0.1) is 18.2 Å². The van der Waals surface area contributed by atoms with E-state index in [0.29, 0.717) is 18.8 Å². The monoisotopic (exact) mass is 354 g/mol. The van der Waals surface area contributed by atoms with Crippen molar-refractivity contribution in [2.24, 2.45) is 5.92 Å². The van der Waals surface area contributed by atoms with Crippen LogP contribution < -0.4 is 5.32 Å². The molecular weight excluding hydrogens is 332 g/mol. The number of ether oxygens (including phenoxy) is 1. The number of amides is 2. The molecule has 1 aliphatic rings. The van der Waals surface area contributed by atoms with Gasteiger partial charge in [0.25, 0.3) is 0 Å². The first-order valence-corrected chi connectivity index (χ1v) is 8.35. The zero-order valence-corrected chi connectivity index (χ0v) is 15.0. The molecule has 2 heterocycles. The maximum absolute atomic E-state index is 12.4. The Kier molecular flexibility index (Phi) is 5.99. The van der Waals surface area contributed by atoms with Gasteiger partial charge in [-0.25, -0.2) is 9.78 Å². The molecule has 0 unspecified atom stereocenters. The number of rotatable bonds is 3. The average molecular weight is 355 g/mol. The summed E-state index contributed by atoms with van der Waals surface area (Å²) in [4.78, 5) is 34.1. The minimum Gasteiger partial charge on any atom is -0.444 e. The first kappa shape index (κ1) is 18.4. The second-order valence-corrected chi connectivity index (χ2v) is 7.14. The zero-order chi connectivity index (χ0) is 17.7. The molecule has 1 aromatic rings. The fourth-order valence-corrected chi connectivity index (χ4v) is 2.64. The summed E-state index contributed by atoms with van der Waals surface area (Å²) >= 11 is 5.93. The van der Waals surface area contributed by atoms with Crippen LogP contribution in [0, 0.1) is 5.92 Å². The molecule has 1 atom stereocenters. The summed E-state index contributed by atoms with van der Waals surface area (Å²) in [6.07, 6.45) is 4.14. The Labute approximate surface area is 146 Å². The Morgan fingerprint density at radius 2 is 2.08 bits per heavy atom. The maximum atomic E-state index is 12.4. The van der Waals surface area contributed by atoms with Gasteiger partial charge >= 0.3 is 6.09 Å². The normalized spacial score (nSPS) is 18.2. The second kappa shape index (κ2) is 7.79. The summed E-state index contributed by atoms with van der Waals surface area (Å²) in [6.45, 7) is 6.65. The van der Waals surface area contributed by atoms with E-state index in [9.17, 15) is 9.59 Å². The lowest BCUT2D eigenvalue weighted by molar-refractivity contribution is -0.126. The number of carbonyl (C=O) groups excluding carboxylic acids is 2. The van der Waals surface area contributed by atoms with E-state index in [1.54, 1.807) is 4.90 Å². The van der Waals surface area contributed by atoms with Crippen LogP contribution in [0.15, 0.2) is 12.4 Å². The van der Waals surface area contributed by atoms with Crippen molar-refractivity contribution in [3.8, 4) is 0 Å². The molecular formula is C16H23ClN4O3. The third-order valence-corrected chi connectivity index (χ3v) is 3.91. The Hall–Kier alpha value is -1.89. The minimum absolute atomic E-state index is 0.120. The van der Waals surface area contributed by atoms with Crippen molar-refractivity contribution in [2.45, 2.75) is 45.8 Å². The van der Waals surface area contributed by atoms with Gasteiger partial charge < -0.3 is 15.0 Å². The van der Waals surface area contributed by atoms with Crippen LogP contribution in [0.3, 0.4) is 0 Å². The molecule has 2 amide bonds. The number of hydrogen-bond donors (Lipinski definition) is 1. The summed E-state index contributed by atoms with van der Waals surface area (Å²) in [5.74, 6) is -0.383. The highest BCUT2D eigenvalue weighted by Gasteiger charge is 2.30. The summed E-state index contributed by atoms with van der Waals surface area (Å²) in [5.41, 5.74) is -0.0259. The quantitative estimate of drug-likeness (QED) is 0.900. The Morgan fingerprint density at radius 1 is 1.38 bits per heavy atom. The molecule has 132 valence electrons. The molecule has 1 fully saturated rings. The standard InChI is InChI=1S/C16H23ClN4O3/c1-16(2,3)24-15(23)21-8-4-5-11(10-21)14(22)20-9-12-13(17)19-7-6-18-12/h6-7,11H,4-5,8-10H2,1-3H3,(H,20,22)/t11-/m1/s1. The summed E-state index contributed by atoms with van der Waals surface area (Å²) in [6, 6.07) is 0. The van der Waals surface area contributed by atoms with Gasteiger partial charge in [0.15, 0.2) is 5.15 Å². The minimum atomic E-state index is -0.547. The summed E-state index contributed by atoms with van der Waals surface area (Å²) in [5, 5.41) is 3.09. The Morgan fingerprint density at radius 3 is 2.75 bits per heavy atom. The highest BCUT2D eigenvalue weighted by atomic mass is 35.5. The van der Waals surface area contributed by atoms with Crippen LogP contribution in [0.5, 0.6) is 0 Å². The molecule has 7 nitrogen and oxygen atoms in total. The van der Waals surface area contributed by atoms with E-state index >= 15 is 0 Å². The van der Waals surface area contributed by atoms with E-state index < -0.39 is 5.60 Å². The molecule has 0 radical (unpaired) electrons. The van der Waals surface area contributed by atoms with Crippen LogP contribution in [0.4, 0.5) is 4.79 Å². The van der Waals surface area contributed by atoms with Crippen LogP contribution in [-0.4, -0.2) is 45.6 Å². The second-order valence-electron chi connectivity index (χ2n) is 6.78. The van der Waals surface area contributed by atoms with Gasteiger partial charge in [-0.3, -0.25) is 9.78 Å². The topological polar surface area (TPSA) is 84.4 Å². The van der Waals surface area contributed by atoms with Gasteiger partial charge in [0, 0.05) is 25.5 Å². The van der Waals surface area contributed by atoms with Crippen molar-refractivity contribution in [1.82, 2.24) is 20.2 Å². The van der Waals surface area contributed by atoms with Gasteiger partial charge in [0.1, 0.15) is 5.60 Å². The van der Waals surface area contributed by atoms with Crippen molar-refractivity contribution >= 4 is 23.6 Å². The number of likely N-dealkylation sites (tertiary alicyclic amines) is 1. The van der Waals surface area contributed by atoms with Gasteiger partial charge in [0.2, 0.25) is 5.91 Å². The molecule has 24 heavy (non-hydrogen) atoms. The third kappa shape index (κ3) is 5.33. The molecule has 1 N–H and O–H groups in total. The lowest BCUT2D eigenvalue weighted by atomic mass is 9.97. The van der Waals surface area contributed by atoms with Crippen molar-refractivity contribution in [2.75, 3.05) is 13.1 Å². The number of carbonyl (C=O) groups is 2. The molecule has 1 aliphatic heterocycles. The molecule has 0 bridgehead atoms. The first-order chi connectivity index (χ1) is 11.3. The van der Waals surface area contributed by atoms with E-state index in [1.807, 2.05) is 20.8 Å². The van der Waals surface area contributed by atoms with Crippen molar-refractivity contribution in [3.05, 3.63) is 23.2 Å². The van der Waals surface area contributed by atoms with E-state index in [-0.39, 0.29) is 29.6 Å². The van der Waals surface area contributed by atoms with E-state index in [0.717, 1.165) is 12.8 Å².